The number of hydrogen-bond acceptors (Lipinski definition) is 0. The van der Waals surface area contributed by atoms with Gasteiger partial charge >= 0.3 is 0 Å². The van der Waals surface area contributed by atoms with Gasteiger partial charge in [-0.05, 0) is 79.0 Å². The van der Waals surface area contributed by atoms with E-state index >= 15 is 0 Å². The van der Waals surface area contributed by atoms with Crippen LogP contribution in [0.3, 0.4) is 0 Å². The van der Waals surface area contributed by atoms with E-state index < -0.39 is 0 Å². The Morgan fingerprint density at radius 1 is 0.773 bits per heavy atom. The van der Waals surface area contributed by atoms with Gasteiger partial charge in [-0.15, -0.1) is 0 Å². The topological polar surface area (TPSA) is 0 Å². The zero-order valence-corrected chi connectivity index (χ0v) is 15.8. The van der Waals surface area contributed by atoms with Crippen LogP contribution in [0, 0.1) is 5.41 Å². The Balaban J connectivity index is 2.78. The maximum Gasteiger partial charge on any atom is 0.0117 e. The van der Waals surface area contributed by atoms with E-state index in [1.54, 1.807) is 11.1 Å². The minimum atomic E-state index is 0.149. The Morgan fingerprint density at radius 3 is 1.59 bits per heavy atom. The van der Waals surface area contributed by atoms with Gasteiger partial charge in [0.2, 0.25) is 0 Å². The van der Waals surface area contributed by atoms with E-state index in [0.29, 0.717) is 0 Å². The molecule has 0 saturated heterocycles. The standard InChI is InChI=1S/C22H32/c1-9-17-12-18(10-2)20(19(11-3)13-17)21-15(5)14(4)16(6)22(21,7)8/h12-13H,9-11H2,1-8H3. The quantitative estimate of drug-likeness (QED) is 0.593. The van der Waals surface area contributed by atoms with Gasteiger partial charge in [0.1, 0.15) is 0 Å². The monoisotopic (exact) mass is 296 g/mol. The molecule has 0 aromatic heterocycles. The summed E-state index contributed by atoms with van der Waals surface area (Å²) in [5, 5.41) is 0. The first kappa shape index (κ1) is 17.1. The summed E-state index contributed by atoms with van der Waals surface area (Å²) in [5.41, 5.74) is 12.3. The predicted octanol–water partition coefficient (Wildman–Crippen LogP) is 6.52. The smallest absolute Gasteiger partial charge is 0.0117 e. The van der Waals surface area contributed by atoms with Crippen molar-refractivity contribution in [2.24, 2.45) is 5.41 Å². The molecule has 2 rings (SSSR count). The van der Waals surface area contributed by atoms with Gasteiger partial charge in [-0.3, -0.25) is 0 Å². The number of aryl methyl sites for hydroxylation is 3. The fourth-order valence-electron chi connectivity index (χ4n) is 4.02. The summed E-state index contributed by atoms with van der Waals surface area (Å²) in [4.78, 5) is 0. The average molecular weight is 296 g/mol. The first-order valence-corrected chi connectivity index (χ1v) is 8.84. The van der Waals surface area contributed by atoms with Crippen LogP contribution in [0.1, 0.15) is 77.6 Å². The van der Waals surface area contributed by atoms with Crippen LogP contribution in [0.5, 0.6) is 0 Å². The number of allylic oxidation sites excluding steroid dienone is 4. The molecule has 0 unspecified atom stereocenters. The Kier molecular flexibility index (Phi) is 4.70. The van der Waals surface area contributed by atoms with Crippen LogP contribution in [0.15, 0.2) is 28.9 Å². The van der Waals surface area contributed by atoms with E-state index in [1.165, 1.54) is 33.4 Å². The molecule has 0 fully saturated rings. The summed E-state index contributed by atoms with van der Waals surface area (Å²) in [6.45, 7) is 18.5. The second kappa shape index (κ2) is 6.07. The lowest BCUT2D eigenvalue weighted by Gasteiger charge is -2.30. The minimum absolute atomic E-state index is 0.149. The maximum absolute atomic E-state index is 2.44. The molecule has 1 aromatic carbocycles. The lowest BCUT2D eigenvalue weighted by molar-refractivity contribution is 0.607. The third-order valence-electron chi connectivity index (χ3n) is 5.84. The van der Waals surface area contributed by atoms with E-state index in [2.05, 4.69) is 67.5 Å². The summed E-state index contributed by atoms with van der Waals surface area (Å²) in [6, 6.07) is 4.88. The third kappa shape index (κ3) is 2.47. The molecule has 0 spiro atoms. The van der Waals surface area contributed by atoms with Crippen LogP contribution in [0.4, 0.5) is 0 Å². The van der Waals surface area contributed by atoms with Gasteiger partial charge in [0.25, 0.3) is 0 Å². The van der Waals surface area contributed by atoms with Crippen molar-refractivity contribution >= 4 is 5.57 Å². The highest BCUT2D eigenvalue weighted by atomic mass is 14.4. The second-order valence-electron chi connectivity index (χ2n) is 7.22. The van der Waals surface area contributed by atoms with Crippen molar-refractivity contribution < 1.29 is 0 Å². The Morgan fingerprint density at radius 2 is 1.27 bits per heavy atom. The molecule has 0 radical (unpaired) electrons. The van der Waals surface area contributed by atoms with Gasteiger partial charge in [-0.2, -0.15) is 0 Å². The molecule has 1 aliphatic carbocycles. The van der Waals surface area contributed by atoms with Crippen LogP contribution >= 0.6 is 0 Å². The van der Waals surface area contributed by atoms with Gasteiger partial charge < -0.3 is 0 Å². The Hall–Kier alpha value is -1.30. The van der Waals surface area contributed by atoms with E-state index in [4.69, 9.17) is 0 Å². The lowest BCUT2D eigenvalue weighted by atomic mass is 9.74. The molecule has 0 nitrogen and oxygen atoms in total. The third-order valence-corrected chi connectivity index (χ3v) is 5.84. The van der Waals surface area contributed by atoms with Gasteiger partial charge in [-0.1, -0.05) is 52.3 Å². The van der Waals surface area contributed by atoms with Crippen LogP contribution in [0.2, 0.25) is 0 Å². The average Bonchev–Trinajstić information content (AvgIpc) is 2.66. The van der Waals surface area contributed by atoms with E-state index in [-0.39, 0.29) is 5.41 Å². The molecule has 0 amide bonds. The SMILES string of the molecule is CCc1cc(CC)c(C2=C(C)C(C)=C(C)C2(C)C)c(CC)c1. The zero-order chi connectivity index (χ0) is 16.7. The Bertz CT molecular complexity index is 626. The molecule has 0 N–H and O–H groups in total. The zero-order valence-electron chi connectivity index (χ0n) is 15.8. The summed E-state index contributed by atoms with van der Waals surface area (Å²) >= 11 is 0. The van der Waals surface area contributed by atoms with Gasteiger partial charge in [0.15, 0.2) is 0 Å². The number of hydrogen-bond donors (Lipinski definition) is 0. The van der Waals surface area contributed by atoms with Crippen molar-refractivity contribution in [1.82, 2.24) is 0 Å². The molecule has 1 aliphatic rings. The molecular formula is C22H32. The molecule has 1 aromatic rings. The first-order valence-electron chi connectivity index (χ1n) is 8.84. The van der Waals surface area contributed by atoms with E-state index in [1.807, 2.05) is 0 Å². The van der Waals surface area contributed by atoms with Crippen molar-refractivity contribution in [2.45, 2.75) is 74.7 Å². The van der Waals surface area contributed by atoms with Gasteiger partial charge in [-0.25, -0.2) is 0 Å². The fraction of sp³-hybridized carbons (Fsp3) is 0.545. The van der Waals surface area contributed by atoms with Crippen molar-refractivity contribution in [1.29, 1.82) is 0 Å². The fourth-order valence-corrected chi connectivity index (χ4v) is 4.02. The summed E-state index contributed by atoms with van der Waals surface area (Å²) in [5.74, 6) is 0. The second-order valence-corrected chi connectivity index (χ2v) is 7.22. The summed E-state index contributed by atoms with van der Waals surface area (Å²) < 4.78 is 0. The summed E-state index contributed by atoms with van der Waals surface area (Å²) in [7, 11) is 0. The predicted molar refractivity (Wildman–Crippen MR) is 99.3 cm³/mol. The molecule has 0 saturated carbocycles. The van der Waals surface area contributed by atoms with Crippen molar-refractivity contribution in [2.75, 3.05) is 0 Å². The highest BCUT2D eigenvalue weighted by Gasteiger charge is 2.36. The molecular weight excluding hydrogens is 264 g/mol. The number of rotatable bonds is 4. The van der Waals surface area contributed by atoms with Crippen molar-refractivity contribution in [3.8, 4) is 0 Å². The minimum Gasteiger partial charge on any atom is -0.0613 e. The van der Waals surface area contributed by atoms with Gasteiger partial charge in [0, 0.05) is 5.41 Å². The Labute approximate surface area is 137 Å². The molecule has 0 heteroatoms. The summed E-state index contributed by atoms with van der Waals surface area (Å²) in [6.07, 6.45) is 3.35. The highest BCUT2D eigenvalue weighted by molar-refractivity contribution is 5.85. The normalized spacial score (nSPS) is 17.6. The lowest BCUT2D eigenvalue weighted by Crippen LogP contribution is -2.16. The molecule has 0 aliphatic heterocycles. The van der Waals surface area contributed by atoms with Crippen LogP contribution in [-0.4, -0.2) is 0 Å². The highest BCUT2D eigenvalue weighted by Crippen LogP contribution is 2.52. The van der Waals surface area contributed by atoms with Crippen LogP contribution < -0.4 is 0 Å². The van der Waals surface area contributed by atoms with Crippen molar-refractivity contribution in [3.05, 3.63) is 51.1 Å². The van der Waals surface area contributed by atoms with Crippen LogP contribution in [-0.2, 0) is 19.3 Å². The molecule has 0 bridgehead atoms. The van der Waals surface area contributed by atoms with E-state index in [9.17, 15) is 0 Å². The molecule has 0 heterocycles. The molecule has 120 valence electrons. The maximum atomic E-state index is 2.44. The van der Waals surface area contributed by atoms with Gasteiger partial charge in [0.05, 0.1) is 0 Å². The molecule has 0 atom stereocenters. The first-order chi connectivity index (χ1) is 10.3. The number of benzene rings is 1. The van der Waals surface area contributed by atoms with Crippen LogP contribution in [0.25, 0.3) is 5.57 Å². The largest absolute Gasteiger partial charge is 0.0613 e. The van der Waals surface area contributed by atoms with E-state index in [0.717, 1.165) is 19.3 Å². The molecule has 22 heavy (non-hydrogen) atoms. The van der Waals surface area contributed by atoms with Crippen molar-refractivity contribution in [3.63, 3.8) is 0 Å².